The van der Waals surface area contributed by atoms with Crippen molar-refractivity contribution in [2.75, 3.05) is 5.32 Å². The first kappa shape index (κ1) is 12.1. The van der Waals surface area contributed by atoms with E-state index in [1.54, 1.807) is 12.1 Å². The van der Waals surface area contributed by atoms with Crippen LogP contribution in [0.15, 0.2) is 12.6 Å². The van der Waals surface area contributed by atoms with Crippen LogP contribution in [-0.2, 0) is 0 Å². The van der Waals surface area contributed by atoms with Crippen molar-refractivity contribution in [1.82, 2.24) is 4.98 Å². The minimum Gasteiger partial charge on any atom is -0.367 e. The van der Waals surface area contributed by atoms with Gasteiger partial charge in [-0.1, -0.05) is 6.58 Å². The number of hydrogen-bond acceptors (Lipinski definition) is 4. The van der Waals surface area contributed by atoms with Crippen molar-refractivity contribution in [1.29, 1.82) is 5.41 Å². The maximum absolute atomic E-state index is 10.9. The second kappa shape index (κ2) is 5.21. The van der Waals surface area contributed by atoms with Crippen molar-refractivity contribution in [3.05, 3.63) is 29.5 Å². The smallest absolute Gasteiger partial charge is 0.150 e. The lowest BCUT2D eigenvalue weighted by Crippen LogP contribution is -2.14. The molecule has 1 aromatic heterocycles. The molecular formula is C12H15N3O. The molecule has 1 heterocycles. The molecule has 0 aliphatic heterocycles. The number of hydrogen-bond donors (Lipinski definition) is 2. The van der Waals surface area contributed by atoms with Crippen LogP contribution in [0.3, 0.4) is 0 Å². The molecule has 16 heavy (non-hydrogen) atoms. The predicted octanol–water partition coefficient (Wildman–Crippen LogP) is 2.36. The molecule has 0 bridgehead atoms. The van der Waals surface area contributed by atoms with Gasteiger partial charge in [0, 0.05) is 23.4 Å². The standard InChI is InChI=1S/C12H15N3O/c1-4-10-5-9(7-16)11(6-13)12(15-10)14-8(2)3/h4-8,13H,1H2,2-3H3,(H,14,15). The predicted molar refractivity (Wildman–Crippen MR) is 66.4 cm³/mol. The van der Waals surface area contributed by atoms with Crippen LogP contribution in [0.2, 0.25) is 0 Å². The number of nitrogens with one attached hydrogen (secondary N) is 2. The van der Waals surface area contributed by atoms with Crippen LogP contribution >= 0.6 is 0 Å². The van der Waals surface area contributed by atoms with E-state index in [0.29, 0.717) is 22.6 Å². The van der Waals surface area contributed by atoms with Gasteiger partial charge in [0.1, 0.15) is 5.82 Å². The largest absolute Gasteiger partial charge is 0.367 e. The fourth-order valence-electron chi connectivity index (χ4n) is 1.33. The minimum atomic E-state index is 0.186. The van der Waals surface area contributed by atoms with Crippen LogP contribution < -0.4 is 5.32 Å². The molecule has 4 nitrogen and oxygen atoms in total. The van der Waals surface area contributed by atoms with E-state index in [1.165, 1.54) is 0 Å². The van der Waals surface area contributed by atoms with Gasteiger partial charge in [-0.15, -0.1) is 0 Å². The van der Waals surface area contributed by atoms with E-state index in [4.69, 9.17) is 5.41 Å². The van der Waals surface area contributed by atoms with Crippen LogP contribution in [-0.4, -0.2) is 23.5 Å². The summed E-state index contributed by atoms with van der Waals surface area (Å²) >= 11 is 0. The summed E-state index contributed by atoms with van der Waals surface area (Å²) in [4.78, 5) is 15.2. The Balaban J connectivity index is 3.36. The Bertz CT molecular complexity index is 425. The molecule has 0 atom stereocenters. The Morgan fingerprint density at radius 2 is 2.25 bits per heavy atom. The van der Waals surface area contributed by atoms with Gasteiger partial charge in [-0.3, -0.25) is 4.79 Å². The van der Waals surface area contributed by atoms with Gasteiger partial charge >= 0.3 is 0 Å². The monoisotopic (exact) mass is 217 g/mol. The van der Waals surface area contributed by atoms with Crippen LogP contribution in [0.5, 0.6) is 0 Å². The van der Waals surface area contributed by atoms with E-state index in [-0.39, 0.29) is 6.04 Å². The number of aldehydes is 1. The number of anilines is 1. The lowest BCUT2D eigenvalue weighted by Gasteiger charge is -2.13. The quantitative estimate of drug-likeness (QED) is 0.587. The van der Waals surface area contributed by atoms with Gasteiger partial charge in [-0.2, -0.15) is 0 Å². The fourth-order valence-corrected chi connectivity index (χ4v) is 1.33. The van der Waals surface area contributed by atoms with Gasteiger partial charge in [0.2, 0.25) is 0 Å². The number of pyridine rings is 1. The van der Waals surface area contributed by atoms with E-state index in [9.17, 15) is 4.79 Å². The number of carbonyl (C=O) groups is 1. The molecule has 0 aromatic carbocycles. The van der Waals surface area contributed by atoms with Gasteiger partial charge in [0.05, 0.1) is 5.69 Å². The molecule has 0 saturated carbocycles. The van der Waals surface area contributed by atoms with E-state index >= 15 is 0 Å². The topological polar surface area (TPSA) is 65.8 Å². The van der Waals surface area contributed by atoms with Gasteiger partial charge in [-0.25, -0.2) is 4.98 Å². The van der Waals surface area contributed by atoms with Gasteiger partial charge < -0.3 is 10.7 Å². The lowest BCUT2D eigenvalue weighted by atomic mass is 10.1. The van der Waals surface area contributed by atoms with E-state index < -0.39 is 0 Å². The summed E-state index contributed by atoms with van der Waals surface area (Å²) in [5.74, 6) is 0.546. The summed E-state index contributed by atoms with van der Waals surface area (Å²) in [7, 11) is 0. The van der Waals surface area contributed by atoms with Crippen molar-refractivity contribution in [3.63, 3.8) is 0 Å². The highest BCUT2D eigenvalue weighted by Gasteiger charge is 2.10. The van der Waals surface area contributed by atoms with Gasteiger partial charge in [-0.05, 0) is 26.0 Å². The third kappa shape index (κ3) is 2.53. The Morgan fingerprint density at radius 3 is 2.69 bits per heavy atom. The molecule has 0 spiro atoms. The zero-order valence-corrected chi connectivity index (χ0v) is 9.45. The normalized spacial score (nSPS) is 9.94. The zero-order valence-electron chi connectivity index (χ0n) is 9.45. The van der Waals surface area contributed by atoms with E-state index in [2.05, 4.69) is 16.9 Å². The number of rotatable bonds is 5. The molecule has 1 rings (SSSR count). The molecule has 0 saturated heterocycles. The van der Waals surface area contributed by atoms with Crippen molar-refractivity contribution in [3.8, 4) is 0 Å². The highest BCUT2D eigenvalue weighted by atomic mass is 16.1. The van der Waals surface area contributed by atoms with E-state index in [1.807, 2.05) is 13.8 Å². The number of carbonyl (C=O) groups excluding carboxylic acids is 1. The number of aromatic nitrogens is 1. The first-order valence-electron chi connectivity index (χ1n) is 5.02. The van der Waals surface area contributed by atoms with Crippen molar-refractivity contribution >= 4 is 24.4 Å². The molecule has 0 aliphatic carbocycles. The first-order valence-corrected chi connectivity index (χ1v) is 5.02. The van der Waals surface area contributed by atoms with Crippen molar-refractivity contribution < 1.29 is 4.79 Å². The molecule has 4 heteroatoms. The Morgan fingerprint density at radius 1 is 1.56 bits per heavy atom. The summed E-state index contributed by atoms with van der Waals surface area (Å²) < 4.78 is 0. The maximum atomic E-state index is 10.9. The average molecular weight is 217 g/mol. The second-order valence-corrected chi connectivity index (χ2v) is 3.66. The summed E-state index contributed by atoms with van der Waals surface area (Å²) in [6, 6.07) is 1.80. The zero-order chi connectivity index (χ0) is 12.1. The summed E-state index contributed by atoms with van der Waals surface area (Å²) in [5.41, 5.74) is 1.58. The minimum absolute atomic E-state index is 0.186. The molecule has 0 amide bonds. The highest BCUT2D eigenvalue weighted by Crippen LogP contribution is 2.17. The van der Waals surface area contributed by atoms with Crippen LogP contribution in [0.25, 0.3) is 6.08 Å². The SMILES string of the molecule is C=Cc1cc(C=O)c(C=N)c(NC(C)C)n1. The summed E-state index contributed by atoms with van der Waals surface area (Å²) in [5, 5.41) is 10.4. The Labute approximate surface area is 94.9 Å². The average Bonchev–Trinajstić information content (AvgIpc) is 2.27. The van der Waals surface area contributed by atoms with Gasteiger partial charge in [0.15, 0.2) is 6.29 Å². The Hall–Kier alpha value is -1.97. The molecular weight excluding hydrogens is 202 g/mol. The summed E-state index contributed by atoms with van der Waals surface area (Å²) in [6.45, 7) is 7.56. The Kier molecular flexibility index (Phi) is 3.94. The number of nitrogens with zero attached hydrogens (tertiary/aromatic N) is 1. The van der Waals surface area contributed by atoms with Crippen LogP contribution in [0, 0.1) is 5.41 Å². The molecule has 0 unspecified atom stereocenters. The third-order valence-corrected chi connectivity index (χ3v) is 2.02. The molecule has 0 radical (unpaired) electrons. The van der Waals surface area contributed by atoms with Crippen LogP contribution in [0.1, 0.15) is 35.5 Å². The first-order chi connectivity index (χ1) is 7.62. The van der Waals surface area contributed by atoms with Crippen LogP contribution in [0.4, 0.5) is 5.82 Å². The third-order valence-electron chi connectivity index (χ3n) is 2.02. The lowest BCUT2D eigenvalue weighted by molar-refractivity contribution is 0.112. The second-order valence-electron chi connectivity index (χ2n) is 3.66. The molecule has 1 aromatic rings. The van der Waals surface area contributed by atoms with Crippen molar-refractivity contribution in [2.24, 2.45) is 0 Å². The van der Waals surface area contributed by atoms with Gasteiger partial charge in [0.25, 0.3) is 0 Å². The van der Waals surface area contributed by atoms with Crippen molar-refractivity contribution in [2.45, 2.75) is 19.9 Å². The fraction of sp³-hybridized carbons (Fsp3) is 0.250. The van der Waals surface area contributed by atoms with E-state index in [0.717, 1.165) is 12.5 Å². The maximum Gasteiger partial charge on any atom is 0.150 e. The molecule has 84 valence electrons. The molecule has 2 N–H and O–H groups in total. The highest BCUT2D eigenvalue weighted by molar-refractivity contribution is 5.96. The molecule has 0 aliphatic rings. The molecule has 0 fully saturated rings. The summed E-state index contributed by atoms with van der Waals surface area (Å²) in [6.07, 6.45) is 3.43.